The van der Waals surface area contributed by atoms with E-state index in [1.54, 1.807) is 0 Å². The minimum atomic E-state index is -0.189. The van der Waals surface area contributed by atoms with Crippen LogP contribution >= 0.6 is 15.9 Å². The fourth-order valence-corrected chi connectivity index (χ4v) is 3.19. The second kappa shape index (κ2) is 5.73. The third-order valence-corrected chi connectivity index (χ3v) is 3.87. The van der Waals surface area contributed by atoms with Gasteiger partial charge in [-0.3, -0.25) is 9.69 Å². The van der Waals surface area contributed by atoms with Crippen molar-refractivity contribution in [3.05, 3.63) is 34.3 Å². The summed E-state index contributed by atoms with van der Waals surface area (Å²) in [5, 5.41) is 0. The van der Waals surface area contributed by atoms with Gasteiger partial charge in [0, 0.05) is 23.1 Å². The molecule has 1 aliphatic rings. The number of nitrogens with zero attached hydrogens (tertiary/aromatic N) is 1. The van der Waals surface area contributed by atoms with Crippen molar-refractivity contribution in [1.29, 1.82) is 0 Å². The summed E-state index contributed by atoms with van der Waals surface area (Å²) in [6.45, 7) is 8.22. The fourth-order valence-electron chi connectivity index (χ4n) is 2.68. The van der Waals surface area contributed by atoms with Gasteiger partial charge in [0.05, 0.1) is 18.2 Å². The standard InChI is InChI=1S/C15H20BrNO2/c1-11-8-17(10-15(2,3)19-11)9-14(18)12-6-4-5-7-13(12)16/h4-7,11H,8-10H2,1-3H3. The molecule has 1 fully saturated rings. The van der Waals surface area contributed by atoms with E-state index < -0.39 is 0 Å². The zero-order valence-electron chi connectivity index (χ0n) is 11.6. The lowest BCUT2D eigenvalue weighted by molar-refractivity contribution is -0.126. The smallest absolute Gasteiger partial charge is 0.177 e. The third kappa shape index (κ3) is 3.88. The van der Waals surface area contributed by atoms with Crippen molar-refractivity contribution >= 4 is 21.7 Å². The van der Waals surface area contributed by atoms with Crippen molar-refractivity contribution in [1.82, 2.24) is 4.90 Å². The number of Topliss-reactive ketones (excluding diaryl/α,β-unsaturated/α-hetero) is 1. The average Bonchev–Trinajstić information content (AvgIpc) is 2.26. The molecule has 0 saturated carbocycles. The predicted octanol–water partition coefficient (Wildman–Crippen LogP) is 3.13. The molecule has 1 atom stereocenters. The maximum Gasteiger partial charge on any atom is 0.177 e. The Balaban J connectivity index is 2.05. The Hall–Kier alpha value is -0.710. The van der Waals surface area contributed by atoms with E-state index in [0.717, 1.165) is 23.1 Å². The van der Waals surface area contributed by atoms with Gasteiger partial charge in [0.2, 0.25) is 0 Å². The van der Waals surface area contributed by atoms with Crippen molar-refractivity contribution in [3.63, 3.8) is 0 Å². The first-order valence-electron chi connectivity index (χ1n) is 6.55. The number of rotatable bonds is 3. The van der Waals surface area contributed by atoms with Crippen LogP contribution < -0.4 is 0 Å². The van der Waals surface area contributed by atoms with Crippen molar-refractivity contribution in [2.24, 2.45) is 0 Å². The lowest BCUT2D eigenvalue weighted by atomic mass is 10.0. The fraction of sp³-hybridized carbons (Fsp3) is 0.533. The van der Waals surface area contributed by atoms with Gasteiger partial charge in [0.25, 0.3) is 0 Å². The van der Waals surface area contributed by atoms with Gasteiger partial charge < -0.3 is 4.74 Å². The first kappa shape index (κ1) is 14.7. The second-order valence-electron chi connectivity index (χ2n) is 5.76. The van der Waals surface area contributed by atoms with E-state index >= 15 is 0 Å². The van der Waals surface area contributed by atoms with E-state index in [1.165, 1.54) is 0 Å². The molecule has 0 radical (unpaired) electrons. The summed E-state index contributed by atoms with van der Waals surface area (Å²) < 4.78 is 6.71. The number of carbonyl (C=O) groups excluding carboxylic acids is 1. The first-order valence-corrected chi connectivity index (χ1v) is 7.34. The van der Waals surface area contributed by atoms with Crippen LogP contribution in [0, 0.1) is 0 Å². The number of morpholine rings is 1. The predicted molar refractivity (Wildman–Crippen MR) is 79.5 cm³/mol. The molecule has 1 heterocycles. The zero-order chi connectivity index (χ0) is 14.0. The van der Waals surface area contributed by atoms with E-state index in [1.807, 2.05) is 24.3 Å². The highest BCUT2D eigenvalue weighted by molar-refractivity contribution is 9.10. The lowest BCUT2D eigenvalue weighted by Gasteiger charge is -2.41. The number of halogens is 1. The molecule has 0 aliphatic carbocycles. The Bertz CT molecular complexity index is 473. The van der Waals surface area contributed by atoms with Gasteiger partial charge in [-0.2, -0.15) is 0 Å². The van der Waals surface area contributed by atoms with Gasteiger partial charge in [0.1, 0.15) is 0 Å². The van der Waals surface area contributed by atoms with Crippen molar-refractivity contribution < 1.29 is 9.53 Å². The zero-order valence-corrected chi connectivity index (χ0v) is 13.2. The van der Waals surface area contributed by atoms with Crippen molar-refractivity contribution in [2.45, 2.75) is 32.5 Å². The second-order valence-corrected chi connectivity index (χ2v) is 6.62. The number of hydrogen-bond acceptors (Lipinski definition) is 3. The largest absolute Gasteiger partial charge is 0.370 e. The Morgan fingerprint density at radius 1 is 1.47 bits per heavy atom. The molecule has 19 heavy (non-hydrogen) atoms. The summed E-state index contributed by atoms with van der Waals surface area (Å²) in [7, 11) is 0. The van der Waals surface area contributed by atoms with E-state index in [2.05, 4.69) is 41.6 Å². The molecular formula is C15H20BrNO2. The normalized spacial score (nSPS) is 23.3. The van der Waals surface area contributed by atoms with Crippen LogP contribution in [-0.4, -0.2) is 42.0 Å². The molecule has 1 aliphatic heterocycles. The molecule has 0 aromatic heterocycles. The Morgan fingerprint density at radius 2 is 2.16 bits per heavy atom. The van der Waals surface area contributed by atoms with Gasteiger partial charge in [-0.15, -0.1) is 0 Å². The quantitative estimate of drug-likeness (QED) is 0.799. The molecule has 0 spiro atoms. The Kier molecular flexibility index (Phi) is 4.43. The van der Waals surface area contributed by atoms with Crippen LogP contribution in [0.1, 0.15) is 31.1 Å². The van der Waals surface area contributed by atoms with Crippen LogP contribution in [-0.2, 0) is 4.74 Å². The van der Waals surface area contributed by atoms with Crippen LogP contribution in [0.2, 0.25) is 0 Å². The highest BCUT2D eigenvalue weighted by atomic mass is 79.9. The minimum absolute atomic E-state index is 0.150. The van der Waals surface area contributed by atoms with E-state index in [4.69, 9.17) is 4.74 Å². The molecular weight excluding hydrogens is 306 g/mol. The maximum atomic E-state index is 12.3. The summed E-state index contributed by atoms with van der Waals surface area (Å²) >= 11 is 3.43. The molecule has 1 saturated heterocycles. The van der Waals surface area contributed by atoms with E-state index in [-0.39, 0.29) is 17.5 Å². The van der Waals surface area contributed by atoms with Crippen LogP contribution in [0.15, 0.2) is 28.7 Å². The van der Waals surface area contributed by atoms with E-state index in [0.29, 0.717) is 6.54 Å². The molecule has 1 aromatic carbocycles. The van der Waals surface area contributed by atoms with Crippen LogP contribution in [0.25, 0.3) is 0 Å². The molecule has 104 valence electrons. The number of benzene rings is 1. The average molecular weight is 326 g/mol. The summed E-state index contributed by atoms with van der Waals surface area (Å²) in [5.74, 6) is 0.150. The van der Waals surface area contributed by atoms with Crippen LogP contribution in [0.4, 0.5) is 0 Å². The Labute approximate surface area is 123 Å². The number of carbonyl (C=O) groups is 1. The SMILES string of the molecule is CC1CN(CC(=O)c2ccccc2Br)CC(C)(C)O1. The monoisotopic (exact) mass is 325 g/mol. The summed E-state index contributed by atoms with van der Waals surface area (Å²) in [6.07, 6.45) is 0.163. The van der Waals surface area contributed by atoms with Crippen molar-refractivity contribution in [3.8, 4) is 0 Å². The van der Waals surface area contributed by atoms with E-state index in [9.17, 15) is 4.79 Å². The molecule has 3 nitrogen and oxygen atoms in total. The maximum absolute atomic E-state index is 12.3. The Morgan fingerprint density at radius 3 is 2.79 bits per heavy atom. The lowest BCUT2D eigenvalue weighted by Crippen LogP contribution is -2.53. The summed E-state index contributed by atoms with van der Waals surface area (Å²) in [6, 6.07) is 7.57. The molecule has 0 N–H and O–H groups in total. The third-order valence-electron chi connectivity index (χ3n) is 3.18. The van der Waals surface area contributed by atoms with Gasteiger partial charge in [0.15, 0.2) is 5.78 Å². The molecule has 4 heteroatoms. The highest BCUT2D eigenvalue weighted by Crippen LogP contribution is 2.22. The molecule has 0 bridgehead atoms. The highest BCUT2D eigenvalue weighted by Gasteiger charge is 2.32. The minimum Gasteiger partial charge on any atom is -0.370 e. The first-order chi connectivity index (χ1) is 8.87. The number of ketones is 1. The molecule has 0 amide bonds. The van der Waals surface area contributed by atoms with Gasteiger partial charge in [-0.05, 0) is 26.8 Å². The van der Waals surface area contributed by atoms with Crippen LogP contribution in [0.3, 0.4) is 0 Å². The van der Waals surface area contributed by atoms with Crippen LogP contribution in [0.5, 0.6) is 0 Å². The molecule has 2 rings (SSSR count). The van der Waals surface area contributed by atoms with Crippen molar-refractivity contribution in [2.75, 3.05) is 19.6 Å². The molecule has 1 aromatic rings. The van der Waals surface area contributed by atoms with Gasteiger partial charge in [-0.25, -0.2) is 0 Å². The van der Waals surface area contributed by atoms with Gasteiger partial charge >= 0.3 is 0 Å². The number of ether oxygens (including phenoxy) is 1. The number of hydrogen-bond donors (Lipinski definition) is 0. The summed E-state index contributed by atoms with van der Waals surface area (Å²) in [5.41, 5.74) is 0.561. The topological polar surface area (TPSA) is 29.5 Å². The molecule has 1 unspecified atom stereocenters. The summed E-state index contributed by atoms with van der Waals surface area (Å²) in [4.78, 5) is 14.5. The van der Waals surface area contributed by atoms with Gasteiger partial charge in [-0.1, -0.05) is 34.1 Å².